The van der Waals surface area contributed by atoms with Gasteiger partial charge in [-0.2, -0.15) is 0 Å². The Hall–Kier alpha value is -2.51. The van der Waals surface area contributed by atoms with E-state index >= 15 is 0 Å². The predicted molar refractivity (Wildman–Crippen MR) is 106 cm³/mol. The number of amides is 1. The van der Waals surface area contributed by atoms with E-state index in [0.29, 0.717) is 41.9 Å². The fourth-order valence-electron chi connectivity index (χ4n) is 2.34. The molecule has 1 atom stereocenters. The summed E-state index contributed by atoms with van der Waals surface area (Å²) in [6.07, 6.45) is 1.51. The molecular weight excluding hydrogens is 368 g/mol. The van der Waals surface area contributed by atoms with Crippen LogP contribution < -0.4 is 16.0 Å². The zero-order valence-corrected chi connectivity index (χ0v) is 16.2. The SMILES string of the molecule is CCNC(=NCC(C)(O)c1ccco1)NCCNC(=O)c1ccccc1Cl. The fraction of sp³-hybridized carbons (Fsp3) is 0.368. The quantitative estimate of drug-likeness (QED) is 0.313. The Kier molecular flexibility index (Phi) is 7.69. The van der Waals surface area contributed by atoms with Gasteiger partial charge < -0.3 is 25.5 Å². The molecule has 2 aromatic rings. The van der Waals surface area contributed by atoms with Crippen molar-refractivity contribution in [2.24, 2.45) is 4.99 Å². The number of aliphatic hydroxyl groups is 1. The average molecular weight is 393 g/mol. The molecular formula is C19H25ClN4O3. The van der Waals surface area contributed by atoms with Crippen molar-refractivity contribution < 1.29 is 14.3 Å². The van der Waals surface area contributed by atoms with Crippen LogP contribution >= 0.6 is 11.6 Å². The highest BCUT2D eigenvalue weighted by Gasteiger charge is 2.26. The van der Waals surface area contributed by atoms with Gasteiger partial charge in [0, 0.05) is 19.6 Å². The van der Waals surface area contributed by atoms with E-state index in [1.807, 2.05) is 6.92 Å². The van der Waals surface area contributed by atoms with E-state index in [-0.39, 0.29) is 12.5 Å². The standard InChI is InChI=1S/C19H25ClN4O3/c1-3-21-18(24-13-19(2,26)16-9-6-12-27-16)23-11-10-22-17(25)14-7-4-5-8-15(14)20/h4-9,12,26H,3,10-11,13H2,1-2H3,(H,22,25)(H2,21,23,24). The van der Waals surface area contributed by atoms with E-state index in [9.17, 15) is 9.90 Å². The predicted octanol–water partition coefficient (Wildman–Crippen LogP) is 2.13. The second kappa shape index (κ2) is 9.99. The molecule has 1 aromatic carbocycles. The van der Waals surface area contributed by atoms with Crippen molar-refractivity contribution in [3.05, 3.63) is 59.0 Å². The lowest BCUT2D eigenvalue weighted by molar-refractivity contribution is 0.0437. The van der Waals surface area contributed by atoms with Crippen LogP contribution in [0.15, 0.2) is 52.1 Å². The number of aliphatic imine (C=N–C) groups is 1. The molecule has 0 radical (unpaired) electrons. The number of hydrogen-bond donors (Lipinski definition) is 4. The number of halogens is 1. The maximum atomic E-state index is 12.1. The van der Waals surface area contributed by atoms with Crippen molar-refractivity contribution in [3.63, 3.8) is 0 Å². The number of hydrogen-bond acceptors (Lipinski definition) is 4. The maximum Gasteiger partial charge on any atom is 0.252 e. The first kappa shape index (κ1) is 20.8. The molecule has 1 heterocycles. The van der Waals surface area contributed by atoms with Gasteiger partial charge in [0.25, 0.3) is 5.91 Å². The molecule has 1 amide bonds. The second-order valence-corrected chi connectivity index (χ2v) is 6.52. The number of nitrogens with zero attached hydrogens (tertiary/aromatic N) is 1. The summed E-state index contributed by atoms with van der Waals surface area (Å²) in [6.45, 7) is 5.24. The minimum atomic E-state index is -1.20. The zero-order chi connectivity index (χ0) is 19.7. The van der Waals surface area contributed by atoms with Gasteiger partial charge in [-0.3, -0.25) is 4.79 Å². The van der Waals surface area contributed by atoms with E-state index in [1.54, 1.807) is 43.3 Å². The highest BCUT2D eigenvalue weighted by Crippen LogP contribution is 2.21. The van der Waals surface area contributed by atoms with Gasteiger partial charge >= 0.3 is 0 Å². The summed E-state index contributed by atoms with van der Waals surface area (Å²) in [6, 6.07) is 10.3. The first-order chi connectivity index (χ1) is 12.9. The molecule has 0 bridgehead atoms. The molecule has 27 heavy (non-hydrogen) atoms. The van der Waals surface area contributed by atoms with Crippen LogP contribution in [-0.4, -0.2) is 43.2 Å². The normalized spacial score (nSPS) is 13.7. The Morgan fingerprint density at radius 2 is 1.93 bits per heavy atom. The molecule has 1 aromatic heterocycles. The van der Waals surface area contributed by atoms with Crippen LogP contribution in [0.25, 0.3) is 0 Å². The van der Waals surface area contributed by atoms with Gasteiger partial charge in [0.05, 0.1) is 23.4 Å². The summed E-state index contributed by atoms with van der Waals surface area (Å²) in [5.74, 6) is 0.760. The van der Waals surface area contributed by atoms with Gasteiger partial charge in [0.2, 0.25) is 0 Å². The van der Waals surface area contributed by atoms with Crippen molar-refractivity contribution in [2.75, 3.05) is 26.2 Å². The molecule has 0 saturated heterocycles. The molecule has 7 nitrogen and oxygen atoms in total. The van der Waals surface area contributed by atoms with Gasteiger partial charge in [-0.15, -0.1) is 0 Å². The Bertz CT molecular complexity index is 760. The van der Waals surface area contributed by atoms with Crippen molar-refractivity contribution >= 4 is 23.5 Å². The van der Waals surface area contributed by atoms with Crippen LogP contribution in [0.3, 0.4) is 0 Å². The molecule has 8 heteroatoms. The molecule has 0 aliphatic heterocycles. The van der Waals surface area contributed by atoms with E-state index in [2.05, 4.69) is 20.9 Å². The minimum absolute atomic E-state index is 0.127. The third-order valence-corrected chi connectivity index (χ3v) is 4.09. The van der Waals surface area contributed by atoms with Crippen LogP contribution in [0.4, 0.5) is 0 Å². The van der Waals surface area contributed by atoms with Gasteiger partial charge in [0.15, 0.2) is 5.96 Å². The molecule has 4 N–H and O–H groups in total. The number of furan rings is 1. The van der Waals surface area contributed by atoms with Crippen LogP contribution in [0.2, 0.25) is 5.02 Å². The van der Waals surface area contributed by atoms with Crippen LogP contribution in [0.5, 0.6) is 0 Å². The molecule has 1 unspecified atom stereocenters. The Morgan fingerprint density at radius 3 is 2.59 bits per heavy atom. The second-order valence-electron chi connectivity index (χ2n) is 6.11. The summed E-state index contributed by atoms with van der Waals surface area (Å²) in [4.78, 5) is 16.5. The van der Waals surface area contributed by atoms with E-state index in [1.165, 1.54) is 6.26 Å². The summed E-state index contributed by atoms with van der Waals surface area (Å²) in [5.41, 5.74) is -0.765. The zero-order valence-electron chi connectivity index (χ0n) is 15.5. The van der Waals surface area contributed by atoms with Crippen LogP contribution in [0.1, 0.15) is 30.0 Å². The smallest absolute Gasteiger partial charge is 0.252 e. The van der Waals surface area contributed by atoms with E-state index in [4.69, 9.17) is 16.0 Å². The van der Waals surface area contributed by atoms with Gasteiger partial charge in [-0.1, -0.05) is 23.7 Å². The lowest BCUT2D eigenvalue weighted by Gasteiger charge is -2.19. The van der Waals surface area contributed by atoms with Crippen molar-refractivity contribution in [1.82, 2.24) is 16.0 Å². The third-order valence-electron chi connectivity index (χ3n) is 3.76. The number of rotatable bonds is 8. The average Bonchev–Trinajstić information content (AvgIpc) is 3.19. The summed E-state index contributed by atoms with van der Waals surface area (Å²) in [5, 5.41) is 19.9. The largest absolute Gasteiger partial charge is 0.466 e. The Balaban J connectivity index is 1.84. The van der Waals surface area contributed by atoms with Crippen molar-refractivity contribution in [1.29, 1.82) is 0 Å². The molecule has 146 valence electrons. The summed E-state index contributed by atoms with van der Waals surface area (Å²) < 4.78 is 5.25. The molecule has 0 saturated carbocycles. The topological polar surface area (TPSA) is 98.9 Å². The fourth-order valence-corrected chi connectivity index (χ4v) is 2.56. The maximum absolute atomic E-state index is 12.1. The molecule has 0 fully saturated rings. The monoisotopic (exact) mass is 392 g/mol. The van der Waals surface area contributed by atoms with Crippen LogP contribution in [0, 0.1) is 0 Å². The highest BCUT2D eigenvalue weighted by molar-refractivity contribution is 6.33. The molecule has 0 aliphatic rings. The lowest BCUT2D eigenvalue weighted by Crippen LogP contribution is -2.42. The number of guanidine groups is 1. The highest BCUT2D eigenvalue weighted by atomic mass is 35.5. The first-order valence-electron chi connectivity index (χ1n) is 8.75. The lowest BCUT2D eigenvalue weighted by atomic mass is 10.0. The van der Waals surface area contributed by atoms with E-state index < -0.39 is 5.60 Å². The van der Waals surface area contributed by atoms with Crippen LogP contribution in [-0.2, 0) is 5.60 Å². The number of carbonyl (C=O) groups is 1. The summed E-state index contributed by atoms with van der Waals surface area (Å²) in [7, 11) is 0. The Labute approximate surface area is 163 Å². The summed E-state index contributed by atoms with van der Waals surface area (Å²) >= 11 is 6.01. The molecule has 0 aliphatic carbocycles. The minimum Gasteiger partial charge on any atom is -0.466 e. The Morgan fingerprint density at radius 1 is 1.19 bits per heavy atom. The van der Waals surface area contributed by atoms with Gasteiger partial charge in [0.1, 0.15) is 11.4 Å². The number of benzene rings is 1. The van der Waals surface area contributed by atoms with E-state index in [0.717, 1.165) is 0 Å². The van der Waals surface area contributed by atoms with Crippen molar-refractivity contribution in [2.45, 2.75) is 19.4 Å². The number of carbonyl (C=O) groups excluding carboxylic acids is 1. The van der Waals surface area contributed by atoms with Gasteiger partial charge in [-0.05, 0) is 38.1 Å². The first-order valence-corrected chi connectivity index (χ1v) is 9.13. The van der Waals surface area contributed by atoms with Gasteiger partial charge in [-0.25, -0.2) is 4.99 Å². The number of nitrogens with one attached hydrogen (secondary N) is 3. The molecule has 2 rings (SSSR count). The third kappa shape index (κ3) is 6.30. The van der Waals surface area contributed by atoms with Crippen molar-refractivity contribution in [3.8, 4) is 0 Å². The molecule has 0 spiro atoms.